The molecule has 1 aromatic rings. The fourth-order valence-corrected chi connectivity index (χ4v) is 1.76. The Morgan fingerprint density at radius 3 is 2.43 bits per heavy atom. The van der Waals surface area contributed by atoms with Crippen LogP contribution in [0.5, 0.6) is 0 Å². The first kappa shape index (κ1) is 16.9. The lowest BCUT2D eigenvalue weighted by Gasteiger charge is -2.14. The lowest BCUT2D eigenvalue weighted by Crippen LogP contribution is -2.43. The number of ether oxygens (including phenoxy) is 1. The SMILES string of the molecule is COC(=O)N(C)C(=O)NOS(=O)(=O)NCc1ccccc1. The lowest BCUT2D eigenvalue weighted by atomic mass is 10.2. The number of rotatable bonds is 5. The van der Waals surface area contributed by atoms with E-state index in [-0.39, 0.29) is 6.54 Å². The van der Waals surface area contributed by atoms with Crippen LogP contribution in [0.1, 0.15) is 5.56 Å². The molecule has 0 unspecified atom stereocenters. The topological polar surface area (TPSA) is 114 Å². The number of nitrogens with one attached hydrogen (secondary N) is 2. The molecule has 2 N–H and O–H groups in total. The van der Waals surface area contributed by atoms with Gasteiger partial charge >= 0.3 is 22.4 Å². The average molecular weight is 317 g/mol. The Hall–Kier alpha value is -2.17. The van der Waals surface area contributed by atoms with E-state index >= 15 is 0 Å². The van der Waals surface area contributed by atoms with E-state index in [2.05, 4.69) is 13.7 Å². The molecule has 0 aliphatic heterocycles. The van der Waals surface area contributed by atoms with Gasteiger partial charge < -0.3 is 4.74 Å². The molecule has 1 aromatic carbocycles. The lowest BCUT2D eigenvalue weighted by molar-refractivity contribution is 0.120. The number of hydrogen-bond donors (Lipinski definition) is 2. The van der Waals surface area contributed by atoms with Gasteiger partial charge in [-0.2, -0.15) is 18.6 Å². The molecule has 0 aliphatic rings. The van der Waals surface area contributed by atoms with Crippen LogP contribution in [0.3, 0.4) is 0 Å². The third-order valence-corrected chi connectivity index (χ3v) is 3.09. The Kier molecular flexibility index (Phi) is 6.09. The molecule has 116 valence electrons. The van der Waals surface area contributed by atoms with E-state index in [9.17, 15) is 18.0 Å². The monoisotopic (exact) mass is 317 g/mol. The summed E-state index contributed by atoms with van der Waals surface area (Å²) in [6, 6.07) is 7.62. The van der Waals surface area contributed by atoms with Crippen LogP contribution in [0.25, 0.3) is 0 Å². The number of hydroxylamine groups is 1. The summed E-state index contributed by atoms with van der Waals surface area (Å²) in [5.74, 6) is 0. The van der Waals surface area contributed by atoms with Gasteiger partial charge in [-0.25, -0.2) is 14.5 Å². The quantitative estimate of drug-likeness (QED) is 0.758. The van der Waals surface area contributed by atoms with Crippen LogP contribution in [-0.4, -0.2) is 39.6 Å². The molecule has 0 spiro atoms. The first-order valence-corrected chi connectivity index (χ1v) is 7.10. The van der Waals surface area contributed by atoms with E-state index in [0.717, 1.165) is 14.2 Å². The molecule has 9 nitrogen and oxygen atoms in total. The van der Waals surface area contributed by atoms with Crippen LogP contribution in [0.15, 0.2) is 30.3 Å². The molecular weight excluding hydrogens is 302 g/mol. The number of methoxy groups -OCH3 is 1. The van der Waals surface area contributed by atoms with Crippen LogP contribution in [-0.2, 0) is 25.9 Å². The summed E-state index contributed by atoms with van der Waals surface area (Å²) in [5, 5.41) is 0. The number of urea groups is 1. The normalized spacial score (nSPS) is 10.8. The second-order valence-corrected chi connectivity index (χ2v) is 5.14. The zero-order valence-electron chi connectivity index (χ0n) is 11.4. The minimum Gasteiger partial charge on any atom is -0.452 e. The van der Waals surface area contributed by atoms with Crippen molar-refractivity contribution in [3.63, 3.8) is 0 Å². The van der Waals surface area contributed by atoms with Crippen LogP contribution >= 0.6 is 0 Å². The number of hydrogen-bond acceptors (Lipinski definition) is 6. The van der Waals surface area contributed by atoms with Crippen molar-refractivity contribution < 1.29 is 27.0 Å². The summed E-state index contributed by atoms with van der Waals surface area (Å²) < 4.78 is 33.6. The van der Waals surface area contributed by atoms with Crippen molar-refractivity contribution in [2.24, 2.45) is 0 Å². The molecule has 0 radical (unpaired) electrons. The van der Waals surface area contributed by atoms with E-state index in [4.69, 9.17) is 0 Å². The highest BCUT2D eigenvalue weighted by atomic mass is 32.2. The third kappa shape index (κ3) is 5.77. The zero-order chi connectivity index (χ0) is 15.9. The van der Waals surface area contributed by atoms with E-state index in [0.29, 0.717) is 10.5 Å². The largest absolute Gasteiger partial charge is 0.452 e. The molecule has 0 heterocycles. The first-order chi connectivity index (χ1) is 9.85. The molecule has 0 aromatic heterocycles. The van der Waals surface area contributed by atoms with Crippen molar-refractivity contribution >= 4 is 22.4 Å². The van der Waals surface area contributed by atoms with Crippen molar-refractivity contribution in [2.45, 2.75) is 6.54 Å². The maximum absolute atomic E-state index is 11.5. The summed E-state index contributed by atoms with van der Waals surface area (Å²) in [4.78, 5) is 22.9. The van der Waals surface area contributed by atoms with E-state index in [1.807, 2.05) is 0 Å². The van der Waals surface area contributed by atoms with Gasteiger partial charge in [0.25, 0.3) is 0 Å². The highest BCUT2D eigenvalue weighted by Crippen LogP contribution is 1.99. The van der Waals surface area contributed by atoms with Gasteiger partial charge in [-0.3, -0.25) is 0 Å². The number of carbonyl (C=O) groups is 2. The second-order valence-electron chi connectivity index (χ2n) is 3.78. The number of nitrogens with zero attached hydrogens (tertiary/aromatic N) is 1. The van der Waals surface area contributed by atoms with Crippen LogP contribution in [0, 0.1) is 0 Å². The fourth-order valence-electron chi connectivity index (χ4n) is 1.18. The predicted molar refractivity (Wildman–Crippen MR) is 72.0 cm³/mol. The van der Waals surface area contributed by atoms with Gasteiger partial charge in [0, 0.05) is 13.6 Å². The van der Waals surface area contributed by atoms with Crippen LogP contribution in [0.2, 0.25) is 0 Å². The molecule has 0 fully saturated rings. The Balaban J connectivity index is 2.46. The maximum atomic E-state index is 11.5. The van der Waals surface area contributed by atoms with Gasteiger partial charge in [-0.15, -0.1) is 4.28 Å². The highest BCUT2D eigenvalue weighted by molar-refractivity contribution is 7.84. The maximum Gasteiger partial charge on any atom is 0.417 e. The Morgan fingerprint density at radius 2 is 1.86 bits per heavy atom. The molecule has 3 amide bonds. The summed E-state index contributed by atoms with van der Waals surface area (Å²) in [6.45, 7) is -0.00805. The summed E-state index contributed by atoms with van der Waals surface area (Å²) >= 11 is 0. The molecule has 0 saturated carbocycles. The second kappa shape index (κ2) is 7.57. The Bertz CT molecular complexity index is 589. The van der Waals surface area contributed by atoms with Crippen molar-refractivity contribution in [1.29, 1.82) is 0 Å². The zero-order valence-corrected chi connectivity index (χ0v) is 12.2. The van der Waals surface area contributed by atoms with Crippen LogP contribution in [0.4, 0.5) is 9.59 Å². The van der Waals surface area contributed by atoms with Crippen molar-refractivity contribution in [3.05, 3.63) is 35.9 Å². The molecule has 10 heteroatoms. The molecule has 0 aliphatic carbocycles. The van der Waals surface area contributed by atoms with Gasteiger partial charge in [0.15, 0.2) is 0 Å². The molecule has 0 saturated heterocycles. The number of imide groups is 1. The molecule has 21 heavy (non-hydrogen) atoms. The smallest absolute Gasteiger partial charge is 0.417 e. The predicted octanol–water partition coefficient (Wildman–Crippen LogP) is 0.360. The Labute approximate surface area is 122 Å². The number of amides is 3. The Morgan fingerprint density at radius 1 is 1.24 bits per heavy atom. The van der Waals surface area contributed by atoms with E-state index in [1.165, 1.54) is 0 Å². The van der Waals surface area contributed by atoms with Gasteiger partial charge in [0.2, 0.25) is 0 Å². The average Bonchev–Trinajstić information content (AvgIpc) is 2.50. The van der Waals surface area contributed by atoms with Gasteiger partial charge in [0.1, 0.15) is 0 Å². The van der Waals surface area contributed by atoms with Crippen molar-refractivity contribution in [1.82, 2.24) is 15.1 Å². The third-order valence-electron chi connectivity index (χ3n) is 2.29. The van der Waals surface area contributed by atoms with Crippen molar-refractivity contribution in [2.75, 3.05) is 14.2 Å². The molecular formula is C11H15N3O6S. The van der Waals surface area contributed by atoms with E-state index < -0.39 is 22.4 Å². The first-order valence-electron chi connectivity index (χ1n) is 5.69. The van der Waals surface area contributed by atoms with Crippen molar-refractivity contribution in [3.8, 4) is 0 Å². The minimum atomic E-state index is -4.20. The highest BCUT2D eigenvalue weighted by Gasteiger charge is 2.20. The molecule has 0 atom stereocenters. The number of benzene rings is 1. The molecule has 1 rings (SSSR count). The van der Waals surface area contributed by atoms with Gasteiger partial charge in [0.05, 0.1) is 7.11 Å². The van der Waals surface area contributed by atoms with Gasteiger partial charge in [-0.1, -0.05) is 30.3 Å². The minimum absolute atomic E-state index is 0.00805. The fraction of sp³-hybridized carbons (Fsp3) is 0.273. The van der Waals surface area contributed by atoms with E-state index in [1.54, 1.807) is 35.8 Å². The number of carbonyl (C=O) groups excluding carboxylic acids is 2. The standard InChI is InChI=1S/C11H15N3O6S/c1-14(11(16)19-2)10(15)13-20-21(17,18)12-8-9-6-4-3-5-7-9/h3-7,12H,8H2,1-2H3,(H,13,15). The summed E-state index contributed by atoms with van der Waals surface area (Å²) in [7, 11) is -2.04. The van der Waals surface area contributed by atoms with Gasteiger partial charge in [-0.05, 0) is 5.56 Å². The van der Waals surface area contributed by atoms with Crippen LogP contribution < -0.4 is 10.2 Å². The summed E-state index contributed by atoms with van der Waals surface area (Å²) in [6.07, 6.45) is -0.967. The summed E-state index contributed by atoms with van der Waals surface area (Å²) in [5.41, 5.74) is 2.32. The molecule has 0 bridgehead atoms.